The van der Waals surface area contributed by atoms with Gasteiger partial charge in [0.1, 0.15) is 4.90 Å². The predicted molar refractivity (Wildman–Crippen MR) is 47.9 cm³/mol. The van der Waals surface area contributed by atoms with Gasteiger partial charge in [-0.3, -0.25) is 14.7 Å². The molecule has 0 fully saturated rings. The molecule has 0 aliphatic carbocycles. The summed E-state index contributed by atoms with van der Waals surface area (Å²) in [6, 6.07) is 1.67. The van der Waals surface area contributed by atoms with E-state index in [1.807, 2.05) is 0 Å². The average Bonchev–Trinajstić information content (AvgIpc) is 2.13. The van der Waals surface area contributed by atoms with Gasteiger partial charge < -0.3 is 0 Å². The van der Waals surface area contributed by atoms with E-state index in [2.05, 4.69) is 0 Å². The van der Waals surface area contributed by atoms with Crippen LogP contribution in [0.5, 0.6) is 0 Å². The fourth-order valence-corrected chi connectivity index (χ4v) is 1.90. The van der Waals surface area contributed by atoms with Crippen LogP contribution in [0.4, 0.5) is 18.9 Å². The van der Waals surface area contributed by atoms with Gasteiger partial charge in [0.2, 0.25) is 0 Å². The molecule has 17 heavy (non-hydrogen) atoms. The quantitative estimate of drug-likeness (QED) is 0.503. The summed E-state index contributed by atoms with van der Waals surface area (Å²) in [6.45, 7) is 0. The number of hydrogen-bond acceptors (Lipinski definition) is 4. The van der Waals surface area contributed by atoms with Gasteiger partial charge in [-0.25, -0.2) is 0 Å². The Balaban J connectivity index is 3.76. The molecule has 6 nitrogen and oxygen atoms in total. The van der Waals surface area contributed by atoms with Gasteiger partial charge in [0.15, 0.2) is 5.56 Å². The Kier molecular flexibility index (Phi) is 3.12. The van der Waals surface area contributed by atoms with E-state index < -0.39 is 37.4 Å². The minimum Gasteiger partial charge on any atom is -0.282 e. The monoisotopic (exact) mass is 271 g/mol. The van der Waals surface area contributed by atoms with E-state index >= 15 is 0 Å². The summed E-state index contributed by atoms with van der Waals surface area (Å²) in [5.41, 5.74) is -3.43. The van der Waals surface area contributed by atoms with Crippen molar-refractivity contribution in [1.82, 2.24) is 0 Å². The van der Waals surface area contributed by atoms with E-state index in [0.29, 0.717) is 12.1 Å². The highest BCUT2D eigenvalue weighted by Gasteiger charge is 2.43. The molecule has 0 aliphatic rings. The van der Waals surface area contributed by atoms with Gasteiger partial charge in [-0.05, 0) is 6.07 Å². The minimum atomic E-state index is -5.27. The molecule has 1 rings (SSSR count). The van der Waals surface area contributed by atoms with Crippen molar-refractivity contribution < 1.29 is 31.1 Å². The van der Waals surface area contributed by atoms with Gasteiger partial charge in [0, 0.05) is 6.07 Å². The highest BCUT2D eigenvalue weighted by atomic mass is 32.2. The fourth-order valence-electron chi connectivity index (χ4n) is 1.17. The lowest BCUT2D eigenvalue weighted by atomic mass is 10.2. The van der Waals surface area contributed by atoms with E-state index in [4.69, 9.17) is 4.55 Å². The molecule has 0 bridgehead atoms. The third-order valence-corrected chi connectivity index (χ3v) is 2.66. The molecule has 0 heterocycles. The van der Waals surface area contributed by atoms with Gasteiger partial charge in [-0.15, -0.1) is 0 Å². The normalized spacial score (nSPS) is 12.5. The van der Waals surface area contributed by atoms with Crippen molar-refractivity contribution in [2.24, 2.45) is 0 Å². The zero-order chi connectivity index (χ0) is 13.4. The maximum Gasteiger partial charge on any atom is 0.424 e. The maximum absolute atomic E-state index is 12.5. The zero-order valence-corrected chi connectivity index (χ0v) is 8.62. The largest absolute Gasteiger partial charge is 0.424 e. The summed E-state index contributed by atoms with van der Waals surface area (Å²) in [5, 5.41) is 10.4. The highest BCUT2D eigenvalue weighted by molar-refractivity contribution is 7.85. The number of halogens is 3. The molecule has 0 saturated heterocycles. The second kappa shape index (κ2) is 3.96. The SMILES string of the molecule is O=[N+]([O-])c1cccc(S(=O)(=O)O)c1C(F)(F)F. The smallest absolute Gasteiger partial charge is 0.282 e. The Bertz CT molecular complexity index is 565. The molecular formula is C7H4F3NO5S. The van der Waals surface area contributed by atoms with Crippen LogP contribution in [-0.4, -0.2) is 17.9 Å². The first-order valence-electron chi connectivity index (χ1n) is 3.87. The van der Waals surface area contributed by atoms with E-state index in [9.17, 15) is 31.7 Å². The second-order valence-corrected chi connectivity index (χ2v) is 4.27. The summed E-state index contributed by atoms with van der Waals surface area (Å²) < 4.78 is 67.6. The van der Waals surface area contributed by atoms with Crippen LogP contribution in [0.2, 0.25) is 0 Å². The first-order chi connectivity index (χ1) is 7.55. The van der Waals surface area contributed by atoms with Crippen molar-refractivity contribution in [3.8, 4) is 0 Å². The molecule has 10 heteroatoms. The third-order valence-electron chi connectivity index (χ3n) is 1.76. The van der Waals surface area contributed by atoms with Crippen LogP contribution < -0.4 is 0 Å². The van der Waals surface area contributed by atoms with Crippen molar-refractivity contribution in [3.05, 3.63) is 33.9 Å². The van der Waals surface area contributed by atoms with E-state index in [1.165, 1.54) is 0 Å². The zero-order valence-electron chi connectivity index (χ0n) is 7.80. The van der Waals surface area contributed by atoms with Crippen molar-refractivity contribution in [2.75, 3.05) is 0 Å². The van der Waals surface area contributed by atoms with Crippen LogP contribution in [0.15, 0.2) is 23.1 Å². The van der Waals surface area contributed by atoms with Crippen molar-refractivity contribution >= 4 is 15.8 Å². The second-order valence-electron chi connectivity index (χ2n) is 2.88. The molecule has 0 amide bonds. The van der Waals surface area contributed by atoms with E-state index in [0.717, 1.165) is 6.07 Å². The topological polar surface area (TPSA) is 97.5 Å². The Labute approximate surface area is 92.6 Å². The molecule has 1 aromatic rings. The molecular weight excluding hydrogens is 267 g/mol. The molecule has 0 unspecified atom stereocenters. The van der Waals surface area contributed by atoms with E-state index in [-0.39, 0.29) is 0 Å². The number of nitro groups is 1. The first-order valence-corrected chi connectivity index (χ1v) is 5.31. The molecule has 0 aliphatic heterocycles. The molecule has 0 spiro atoms. The first kappa shape index (κ1) is 13.4. The Morgan fingerprint density at radius 2 is 1.82 bits per heavy atom. The van der Waals surface area contributed by atoms with Gasteiger partial charge >= 0.3 is 6.18 Å². The summed E-state index contributed by atoms with van der Waals surface area (Å²) in [6.07, 6.45) is -5.27. The summed E-state index contributed by atoms with van der Waals surface area (Å²) >= 11 is 0. The highest BCUT2D eigenvalue weighted by Crippen LogP contribution is 2.40. The summed E-state index contributed by atoms with van der Waals surface area (Å²) in [5.74, 6) is 0. The molecule has 1 N–H and O–H groups in total. The molecule has 0 aromatic heterocycles. The van der Waals surface area contributed by atoms with Gasteiger partial charge in [-0.1, -0.05) is 6.07 Å². The third kappa shape index (κ3) is 2.71. The van der Waals surface area contributed by atoms with Crippen molar-refractivity contribution in [1.29, 1.82) is 0 Å². The van der Waals surface area contributed by atoms with Crippen LogP contribution in [0, 0.1) is 10.1 Å². The predicted octanol–water partition coefficient (Wildman–Crippen LogP) is 1.86. The molecule has 94 valence electrons. The molecule has 0 atom stereocenters. The molecule has 1 aromatic carbocycles. The molecule has 0 radical (unpaired) electrons. The Hall–Kier alpha value is -1.68. The number of alkyl halides is 3. The van der Waals surface area contributed by atoms with Crippen LogP contribution >= 0.6 is 0 Å². The number of hydrogen-bond donors (Lipinski definition) is 1. The summed E-state index contributed by atoms with van der Waals surface area (Å²) in [7, 11) is -5.20. The summed E-state index contributed by atoms with van der Waals surface area (Å²) in [4.78, 5) is 7.46. The number of rotatable bonds is 2. The lowest BCUT2D eigenvalue weighted by Gasteiger charge is -2.10. The van der Waals surface area contributed by atoms with Crippen LogP contribution in [0.3, 0.4) is 0 Å². The lowest BCUT2D eigenvalue weighted by molar-refractivity contribution is -0.388. The molecule has 0 saturated carbocycles. The number of nitro benzene ring substituents is 1. The average molecular weight is 271 g/mol. The van der Waals surface area contributed by atoms with Gasteiger partial charge in [0.05, 0.1) is 4.92 Å². The van der Waals surface area contributed by atoms with Crippen LogP contribution in [0.25, 0.3) is 0 Å². The standard InChI is InChI=1S/C7H4F3NO5S/c8-7(9,10)6-4(11(12)13)2-1-3-5(6)17(14,15)16/h1-3H,(H,14,15,16). The van der Waals surface area contributed by atoms with E-state index in [1.54, 1.807) is 0 Å². The maximum atomic E-state index is 12.5. The number of benzene rings is 1. The Morgan fingerprint density at radius 3 is 2.18 bits per heavy atom. The van der Waals surface area contributed by atoms with Crippen molar-refractivity contribution in [3.63, 3.8) is 0 Å². The van der Waals surface area contributed by atoms with Crippen LogP contribution in [-0.2, 0) is 16.3 Å². The lowest BCUT2D eigenvalue weighted by Crippen LogP contribution is -2.15. The van der Waals surface area contributed by atoms with Gasteiger partial charge in [-0.2, -0.15) is 21.6 Å². The van der Waals surface area contributed by atoms with Crippen molar-refractivity contribution in [2.45, 2.75) is 11.1 Å². The number of nitrogens with zero attached hydrogens (tertiary/aromatic N) is 1. The van der Waals surface area contributed by atoms with Gasteiger partial charge in [0.25, 0.3) is 15.8 Å². The fraction of sp³-hybridized carbons (Fsp3) is 0.143. The van der Waals surface area contributed by atoms with Crippen LogP contribution in [0.1, 0.15) is 5.56 Å². The Morgan fingerprint density at radius 1 is 1.29 bits per heavy atom. The minimum absolute atomic E-state index is 0.436.